The number of hydrogen-bond donors (Lipinski definition) is 2. The third kappa shape index (κ3) is 4.30. The Balaban J connectivity index is 2.35. The Labute approximate surface area is 151 Å². The molecule has 2 aromatic carbocycles. The fourth-order valence-corrected chi connectivity index (χ4v) is 3.21. The van der Waals surface area contributed by atoms with Crippen LogP contribution in [-0.2, 0) is 16.4 Å². The molecule has 2 N–H and O–H groups in total. The van der Waals surface area contributed by atoms with Crippen molar-refractivity contribution in [3.8, 4) is 0 Å². The smallest absolute Gasteiger partial charge is 0.384 e. The van der Waals surface area contributed by atoms with E-state index in [4.69, 9.17) is 0 Å². The predicted molar refractivity (Wildman–Crippen MR) is 97.1 cm³/mol. The van der Waals surface area contributed by atoms with E-state index >= 15 is 0 Å². The number of benzene rings is 2. The molecule has 4 nitrogen and oxygen atoms in total. The maximum atomic E-state index is 12.8. The van der Waals surface area contributed by atoms with Crippen molar-refractivity contribution in [2.45, 2.75) is 37.7 Å². The van der Waals surface area contributed by atoms with Crippen molar-refractivity contribution in [3.63, 3.8) is 0 Å². The summed E-state index contributed by atoms with van der Waals surface area (Å²) in [6, 6.07) is 9.17. The molecule has 26 heavy (non-hydrogen) atoms. The molecule has 0 saturated heterocycles. The van der Waals surface area contributed by atoms with Gasteiger partial charge in [-0.3, -0.25) is 0 Å². The topological polar surface area (TPSA) is 58.2 Å². The van der Waals surface area contributed by atoms with Gasteiger partial charge >= 0.3 is 5.51 Å². The van der Waals surface area contributed by atoms with Gasteiger partial charge in [-0.2, -0.15) is 13.2 Å². The quantitative estimate of drug-likeness (QED) is 0.759. The van der Waals surface area contributed by atoms with Crippen molar-refractivity contribution >= 4 is 21.2 Å². The number of rotatable bonds is 6. The third-order valence-electron chi connectivity index (χ3n) is 4.03. The van der Waals surface area contributed by atoms with Crippen LogP contribution in [0.2, 0.25) is 0 Å². The van der Waals surface area contributed by atoms with Crippen LogP contribution >= 0.6 is 0 Å². The van der Waals surface area contributed by atoms with Gasteiger partial charge in [0.25, 0.3) is 9.84 Å². The Morgan fingerprint density at radius 2 is 1.62 bits per heavy atom. The van der Waals surface area contributed by atoms with E-state index in [0.717, 1.165) is 28.8 Å². The van der Waals surface area contributed by atoms with Gasteiger partial charge in [-0.15, -0.1) is 0 Å². The minimum Gasteiger partial charge on any atom is -0.384 e. The molecule has 0 spiro atoms. The van der Waals surface area contributed by atoms with Gasteiger partial charge in [-0.1, -0.05) is 18.2 Å². The van der Waals surface area contributed by atoms with E-state index in [1.54, 1.807) is 0 Å². The lowest BCUT2D eigenvalue weighted by Gasteiger charge is -2.16. The van der Waals surface area contributed by atoms with Crippen LogP contribution in [0.25, 0.3) is 0 Å². The zero-order valence-electron chi connectivity index (χ0n) is 14.7. The minimum atomic E-state index is -5.39. The molecule has 0 atom stereocenters. The Morgan fingerprint density at radius 3 is 2.19 bits per heavy atom. The molecule has 142 valence electrons. The Hall–Kier alpha value is -2.22. The van der Waals surface area contributed by atoms with Gasteiger partial charge in [0.2, 0.25) is 0 Å². The molecular weight excluding hydrogens is 365 g/mol. The van der Waals surface area contributed by atoms with Crippen molar-refractivity contribution in [1.82, 2.24) is 0 Å². The number of nitrogens with one attached hydrogen (secondary N) is 2. The fraction of sp³-hybridized carbons (Fsp3) is 0.333. The summed E-state index contributed by atoms with van der Waals surface area (Å²) in [6.07, 6.45) is 0. The molecule has 0 fully saturated rings. The molecule has 0 bridgehead atoms. The first-order valence-electron chi connectivity index (χ1n) is 8.05. The highest BCUT2D eigenvalue weighted by Gasteiger charge is 2.47. The molecule has 0 radical (unpaired) electrons. The summed E-state index contributed by atoms with van der Waals surface area (Å²) in [6.45, 7) is 6.70. The molecule has 8 heteroatoms. The van der Waals surface area contributed by atoms with E-state index in [1.165, 1.54) is 6.07 Å². The highest BCUT2D eigenvalue weighted by molar-refractivity contribution is 7.92. The zero-order chi connectivity index (χ0) is 19.5. The molecule has 2 aromatic rings. The number of aryl methyl sites for hydroxylation is 2. The van der Waals surface area contributed by atoms with Crippen molar-refractivity contribution in [1.29, 1.82) is 0 Å². The van der Waals surface area contributed by atoms with Gasteiger partial charge in [0.15, 0.2) is 0 Å². The number of alkyl halides is 3. The molecule has 0 unspecified atom stereocenters. The first-order chi connectivity index (χ1) is 12.1. The molecule has 2 rings (SSSR count). The second-order valence-electron chi connectivity index (χ2n) is 5.96. The SMILES string of the molecule is CCNc1ccc(S(=O)(=O)C(F)(F)F)cc1NCc1ccc(C)c(C)c1. The van der Waals surface area contributed by atoms with Crippen molar-refractivity contribution in [2.24, 2.45) is 0 Å². The van der Waals surface area contributed by atoms with E-state index in [2.05, 4.69) is 10.6 Å². The fourth-order valence-electron chi connectivity index (χ4n) is 2.43. The second-order valence-corrected chi connectivity index (χ2v) is 7.90. The van der Waals surface area contributed by atoms with Gasteiger partial charge in [0.1, 0.15) is 0 Å². The van der Waals surface area contributed by atoms with E-state index in [1.807, 2.05) is 39.0 Å². The van der Waals surface area contributed by atoms with E-state index in [0.29, 0.717) is 24.5 Å². The second kappa shape index (κ2) is 7.57. The Kier molecular flexibility index (Phi) is 5.85. The predicted octanol–water partition coefficient (Wildman–Crippen LogP) is 4.64. The first-order valence-corrected chi connectivity index (χ1v) is 9.54. The average Bonchev–Trinajstić information content (AvgIpc) is 2.56. The summed E-state index contributed by atoms with van der Waals surface area (Å²) in [5, 5.41) is 6.04. The van der Waals surface area contributed by atoms with Crippen molar-refractivity contribution < 1.29 is 21.6 Å². The van der Waals surface area contributed by atoms with Gasteiger partial charge in [0, 0.05) is 13.1 Å². The highest BCUT2D eigenvalue weighted by atomic mass is 32.2. The average molecular weight is 386 g/mol. The van der Waals surface area contributed by atoms with Crippen molar-refractivity contribution in [2.75, 3.05) is 17.2 Å². The lowest BCUT2D eigenvalue weighted by Crippen LogP contribution is -2.23. The van der Waals surface area contributed by atoms with Crippen LogP contribution in [-0.4, -0.2) is 20.5 Å². The van der Waals surface area contributed by atoms with Crippen LogP contribution in [0.5, 0.6) is 0 Å². The largest absolute Gasteiger partial charge is 0.501 e. The summed E-state index contributed by atoms with van der Waals surface area (Å²) in [5.41, 5.74) is -1.31. The number of anilines is 2. The van der Waals surface area contributed by atoms with E-state index in [-0.39, 0.29) is 0 Å². The normalized spacial score (nSPS) is 12.1. The van der Waals surface area contributed by atoms with Gasteiger partial charge in [-0.05, 0) is 55.7 Å². The molecule has 0 aliphatic heterocycles. The van der Waals surface area contributed by atoms with Crippen LogP contribution < -0.4 is 10.6 Å². The maximum Gasteiger partial charge on any atom is 0.501 e. The van der Waals surface area contributed by atoms with Gasteiger partial charge in [-0.25, -0.2) is 8.42 Å². The van der Waals surface area contributed by atoms with Crippen LogP contribution in [0.15, 0.2) is 41.3 Å². The maximum absolute atomic E-state index is 12.8. The zero-order valence-corrected chi connectivity index (χ0v) is 15.6. The Morgan fingerprint density at radius 1 is 0.923 bits per heavy atom. The lowest BCUT2D eigenvalue weighted by atomic mass is 10.1. The first kappa shape index (κ1) is 20.1. The summed E-state index contributed by atoms with van der Waals surface area (Å²) in [7, 11) is -5.39. The molecule has 0 aromatic heterocycles. The van der Waals surface area contributed by atoms with Crippen LogP contribution in [0.1, 0.15) is 23.6 Å². The monoisotopic (exact) mass is 386 g/mol. The van der Waals surface area contributed by atoms with Gasteiger partial charge < -0.3 is 10.6 Å². The number of hydrogen-bond acceptors (Lipinski definition) is 4. The van der Waals surface area contributed by atoms with Crippen LogP contribution in [0.4, 0.5) is 24.5 Å². The van der Waals surface area contributed by atoms with E-state index in [9.17, 15) is 21.6 Å². The summed E-state index contributed by atoms with van der Waals surface area (Å²) in [4.78, 5) is -0.783. The minimum absolute atomic E-state index is 0.301. The van der Waals surface area contributed by atoms with E-state index < -0.39 is 20.2 Å². The van der Waals surface area contributed by atoms with Crippen LogP contribution in [0, 0.1) is 13.8 Å². The Bertz CT molecular complexity index is 894. The summed E-state index contributed by atoms with van der Waals surface area (Å²) in [5.74, 6) is 0. The summed E-state index contributed by atoms with van der Waals surface area (Å²) >= 11 is 0. The molecule has 0 aliphatic carbocycles. The number of sulfone groups is 1. The summed E-state index contributed by atoms with van der Waals surface area (Å²) < 4.78 is 61.7. The molecule has 0 amide bonds. The standard InChI is InChI=1S/C18H21F3N2O2S/c1-4-22-16-8-7-15(26(24,25)18(19,20)21)10-17(16)23-11-14-6-5-12(2)13(3)9-14/h5-10,22-23H,4,11H2,1-3H3. The van der Waals surface area contributed by atoms with Gasteiger partial charge in [0.05, 0.1) is 16.3 Å². The highest BCUT2D eigenvalue weighted by Crippen LogP contribution is 2.34. The van der Waals surface area contributed by atoms with Crippen molar-refractivity contribution in [3.05, 3.63) is 53.1 Å². The molecular formula is C18H21F3N2O2S. The number of halogens is 3. The lowest BCUT2D eigenvalue weighted by molar-refractivity contribution is -0.0435. The molecule has 0 aliphatic rings. The molecule has 0 heterocycles. The third-order valence-corrected chi connectivity index (χ3v) is 5.51. The molecule has 0 saturated carbocycles. The van der Waals surface area contributed by atoms with Crippen LogP contribution in [0.3, 0.4) is 0 Å².